The summed E-state index contributed by atoms with van der Waals surface area (Å²) < 4.78 is 32.2. The number of hydrogen-bond acceptors (Lipinski definition) is 8. The van der Waals surface area contributed by atoms with Gasteiger partial charge in [0.25, 0.3) is 5.91 Å². The molecule has 10 heteroatoms. The molecule has 0 saturated heterocycles. The van der Waals surface area contributed by atoms with Crippen LogP contribution in [0.4, 0.5) is 0 Å². The van der Waals surface area contributed by atoms with Crippen molar-refractivity contribution in [3.8, 4) is 16.9 Å². The molecule has 1 amide bonds. The number of amides is 1. The molecule has 0 spiro atoms. The van der Waals surface area contributed by atoms with Gasteiger partial charge in [-0.05, 0) is 47.4 Å². The Morgan fingerprint density at radius 2 is 1.69 bits per heavy atom. The number of sulfonamides is 1. The van der Waals surface area contributed by atoms with Gasteiger partial charge < -0.3 is 20.3 Å². The van der Waals surface area contributed by atoms with E-state index in [0.29, 0.717) is 30.3 Å². The lowest BCUT2D eigenvalue weighted by atomic mass is 10.0. The van der Waals surface area contributed by atoms with Gasteiger partial charge in [-0.2, -0.15) is 0 Å². The highest BCUT2D eigenvalue weighted by molar-refractivity contribution is 8.00. The molecule has 0 aliphatic heterocycles. The van der Waals surface area contributed by atoms with E-state index in [9.17, 15) is 18.3 Å². The van der Waals surface area contributed by atoms with E-state index < -0.39 is 22.0 Å². The van der Waals surface area contributed by atoms with Crippen molar-refractivity contribution in [2.75, 3.05) is 32.1 Å². The molecule has 8 nitrogen and oxygen atoms in total. The molecule has 0 aliphatic carbocycles. The predicted octanol–water partition coefficient (Wildman–Crippen LogP) is 4.00. The second-order valence-electron chi connectivity index (χ2n) is 9.21. The Hall–Kier alpha value is -2.89. The summed E-state index contributed by atoms with van der Waals surface area (Å²) in [5, 5.41) is 22.5. The van der Waals surface area contributed by atoms with Crippen LogP contribution >= 0.6 is 11.8 Å². The lowest BCUT2D eigenvalue weighted by Gasteiger charge is -2.14. The van der Waals surface area contributed by atoms with Crippen molar-refractivity contribution in [2.45, 2.75) is 36.5 Å². The van der Waals surface area contributed by atoms with E-state index in [0.717, 1.165) is 16.7 Å². The van der Waals surface area contributed by atoms with Crippen molar-refractivity contribution in [2.24, 2.45) is 0 Å². The van der Waals surface area contributed by atoms with Gasteiger partial charge >= 0.3 is 0 Å². The molecule has 0 unspecified atom stereocenters. The van der Waals surface area contributed by atoms with Crippen LogP contribution in [-0.2, 0) is 10.0 Å². The van der Waals surface area contributed by atoms with Crippen LogP contribution in [0.3, 0.4) is 0 Å². The normalized spacial score (nSPS) is 12.3. The summed E-state index contributed by atoms with van der Waals surface area (Å²) in [7, 11) is -3.83. The Kier molecular flexibility index (Phi) is 11.8. The lowest BCUT2D eigenvalue weighted by Crippen LogP contribution is -2.33. The second kappa shape index (κ2) is 15.0. The number of hydrogen-bond donors (Lipinski definition) is 4. The van der Waals surface area contributed by atoms with Gasteiger partial charge in [-0.15, -0.1) is 11.8 Å². The Bertz CT molecular complexity index is 1300. The molecule has 0 fully saturated rings. The number of ether oxygens (including phenoxy) is 1. The van der Waals surface area contributed by atoms with E-state index in [1.807, 2.05) is 74.5 Å². The molecule has 39 heavy (non-hydrogen) atoms. The van der Waals surface area contributed by atoms with Crippen molar-refractivity contribution in [1.82, 2.24) is 10.0 Å². The van der Waals surface area contributed by atoms with E-state index >= 15 is 0 Å². The van der Waals surface area contributed by atoms with Gasteiger partial charge in [0.05, 0.1) is 17.4 Å². The summed E-state index contributed by atoms with van der Waals surface area (Å²) in [5.41, 5.74) is 2.98. The number of aliphatic hydroxyl groups excluding tert-OH is 2. The van der Waals surface area contributed by atoms with Crippen LogP contribution in [0, 0.1) is 0 Å². The third-order valence-corrected chi connectivity index (χ3v) is 8.05. The van der Waals surface area contributed by atoms with Gasteiger partial charge in [0.1, 0.15) is 12.4 Å². The van der Waals surface area contributed by atoms with Crippen LogP contribution < -0.4 is 14.8 Å². The molecular weight excluding hydrogens is 536 g/mol. The number of benzene rings is 3. The molecule has 0 saturated carbocycles. The Balaban J connectivity index is 1.59. The number of carbonyl (C=O) groups is 1. The Morgan fingerprint density at radius 1 is 1.00 bits per heavy atom. The third kappa shape index (κ3) is 9.98. The van der Waals surface area contributed by atoms with E-state index in [1.54, 1.807) is 12.1 Å². The van der Waals surface area contributed by atoms with Gasteiger partial charge in [-0.3, -0.25) is 4.79 Å². The topological polar surface area (TPSA) is 125 Å². The minimum Gasteiger partial charge on any atom is -0.492 e. The maximum atomic E-state index is 12.8. The summed E-state index contributed by atoms with van der Waals surface area (Å²) in [5.74, 6) is -0.290. The minimum atomic E-state index is -3.83. The molecule has 0 radical (unpaired) electrons. The molecule has 210 valence electrons. The molecular formula is C29H36N2O6S2. The first-order chi connectivity index (χ1) is 18.7. The first-order valence-corrected chi connectivity index (χ1v) is 15.3. The Labute approximate surface area is 234 Å². The van der Waals surface area contributed by atoms with Crippen LogP contribution in [-0.4, -0.2) is 61.8 Å². The summed E-state index contributed by atoms with van der Waals surface area (Å²) in [4.78, 5) is 13.5. The van der Waals surface area contributed by atoms with E-state index in [4.69, 9.17) is 9.84 Å². The molecule has 0 bridgehead atoms. The highest BCUT2D eigenvalue weighted by Gasteiger charge is 2.20. The van der Waals surface area contributed by atoms with E-state index in [2.05, 4.69) is 10.0 Å². The maximum absolute atomic E-state index is 12.8. The van der Waals surface area contributed by atoms with Crippen LogP contribution in [0.25, 0.3) is 11.1 Å². The van der Waals surface area contributed by atoms with Gasteiger partial charge in [0.15, 0.2) is 0 Å². The largest absolute Gasteiger partial charge is 0.492 e. The van der Waals surface area contributed by atoms with Gasteiger partial charge in [-0.25, -0.2) is 13.1 Å². The SMILES string of the molecule is CC(C)Sc1cc(-c2ccc(OCCNC[C@H](O)c3ccccc3)cc2)ccc1C(=O)NS(=O)(=O)CCCO. The fourth-order valence-electron chi connectivity index (χ4n) is 3.76. The van der Waals surface area contributed by atoms with Gasteiger partial charge in [0, 0.05) is 29.8 Å². The zero-order valence-electron chi connectivity index (χ0n) is 22.2. The van der Waals surface area contributed by atoms with Crippen LogP contribution in [0.5, 0.6) is 5.75 Å². The summed E-state index contributed by atoms with van der Waals surface area (Å²) in [6.07, 6.45) is -0.514. The number of rotatable bonds is 15. The van der Waals surface area contributed by atoms with Gasteiger partial charge in [0.2, 0.25) is 10.0 Å². The average Bonchev–Trinajstić information content (AvgIpc) is 2.92. The maximum Gasteiger partial charge on any atom is 0.265 e. The van der Waals surface area contributed by atoms with Crippen molar-refractivity contribution in [1.29, 1.82) is 0 Å². The molecule has 0 aliphatic rings. The minimum absolute atomic E-state index is 0.0583. The fraction of sp³-hybridized carbons (Fsp3) is 0.345. The zero-order chi connectivity index (χ0) is 28.3. The fourth-order valence-corrected chi connectivity index (χ4v) is 5.75. The molecule has 3 aromatic carbocycles. The molecule has 0 aromatic heterocycles. The monoisotopic (exact) mass is 572 g/mol. The highest BCUT2D eigenvalue weighted by atomic mass is 32.2. The first-order valence-electron chi connectivity index (χ1n) is 12.8. The lowest BCUT2D eigenvalue weighted by molar-refractivity contribution is 0.0978. The number of nitrogens with one attached hydrogen (secondary N) is 2. The number of carbonyl (C=O) groups excluding carboxylic acids is 1. The summed E-state index contributed by atoms with van der Waals surface area (Å²) in [6, 6.07) is 22.4. The smallest absolute Gasteiger partial charge is 0.265 e. The molecule has 0 heterocycles. The first kappa shape index (κ1) is 30.6. The zero-order valence-corrected chi connectivity index (χ0v) is 23.8. The number of aliphatic hydroxyl groups is 2. The van der Waals surface area contributed by atoms with Crippen molar-refractivity contribution < 1.29 is 28.2 Å². The van der Waals surface area contributed by atoms with Crippen LogP contribution in [0.15, 0.2) is 77.7 Å². The second-order valence-corrected chi connectivity index (χ2v) is 12.7. The number of thioether (sulfide) groups is 1. The van der Waals surface area contributed by atoms with E-state index in [-0.39, 0.29) is 29.6 Å². The average molecular weight is 573 g/mol. The summed E-state index contributed by atoms with van der Waals surface area (Å²) in [6.45, 7) is 5.20. The van der Waals surface area contributed by atoms with Crippen molar-refractivity contribution >= 4 is 27.7 Å². The van der Waals surface area contributed by atoms with Gasteiger partial charge in [-0.1, -0.05) is 62.4 Å². The molecule has 3 aromatic rings. The van der Waals surface area contributed by atoms with Crippen molar-refractivity contribution in [3.05, 3.63) is 83.9 Å². The van der Waals surface area contributed by atoms with Crippen LogP contribution in [0.1, 0.15) is 42.3 Å². The molecule has 4 N–H and O–H groups in total. The Morgan fingerprint density at radius 3 is 2.36 bits per heavy atom. The van der Waals surface area contributed by atoms with Crippen molar-refractivity contribution in [3.63, 3.8) is 0 Å². The summed E-state index contributed by atoms with van der Waals surface area (Å²) >= 11 is 1.48. The predicted molar refractivity (Wildman–Crippen MR) is 156 cm³/mol. The standard InChI is InChI=1S/C29H36N2O6S2/c1-21(2)38-28-19-24(11-14-26(28)29(34)31-39(35,36)18-6-16-32)22-9-12-25(13-10-22)37-17-15-30-20-27(33)23-7-4-3-5-8-23/h3-5,7-14,19,21,27,30,32-33H,6,15-18,20H2,1-2H3,(H,31,34)/t27-/m0/s1. The van der Waals surface area contributed by atoms with Crippen LogP contribution in [0.2, 0.25) is 0 Å². The highest BCUT2D eigenvalue weighted by Crippen LogP contribution is 2.32. The van der Waals surface area contributed by atoms with E-state index in [1.165, 1.54) is 11.8 Å². The quantitative estimate of drug-likeness (QED) is 0.159. The third-order valence-electron chi connectivity index (χ3n) is 5.67. The molecule has 3 rings (SSSR count). The molecule has 1 atom stereocenters.